The number of benzene rings is 1. The van der Waals surface area contributed by atoms with Crippen molar-refractivity contribution in [3.05, 3.63) is 75.8 Å². The number of esters is 1. The first kappa shape index (κ1) is 16.2. The lowest BCUT2D eigenvalue weighted by atomic mass is 10.1. The molecule has 0 spiro atoms. The molecular weight excluding hydrogens is 322 g/mol. The summed E-state index contributed by atoms with van der Waals surface area (Å²) < 4.78 is 11.2. The van der Waals surface area contributed by atoms with Crippen molar-refractivity contribution in [1.82, 2.24) is 9.72 Å². The number of carbonyl (C=O) groups excluding carboxylic acids is 1. The van der Waals surface area contributed by atoms with Crippen LogP contribution in [0.1, 0.15) is 21.6 Å². The number of hydrogen-bond donors (Lipinski definition) is 0. The second-order valence-electron chi connectivity index (χ2n) is 5.23. The lowest BCUT2D eigenvalue weighted by molar-refractivity contribution is 0.0599. The van der Waals surface area contributed by atoms with Crippen molar-refractivity contribution in [2.45, 2.75) is 6.54 Å². The van der Waals surface area contributed by atoms with E-state index < -0.39 is 11.5 Å². The van der Waals surface area contributed by atoms with Crippen LogP contribution < -0.4 is 5.56 Å². The van der Waals surface area contributed by atoms with Crippen LogP contribution in [-0.2, 0) is 11.3 Å². The maximum atomic E-state index is 12.3. The number of nitriles is 1. The molecule has 0 unspecified atom stereocenters. The molecule has 2 aromatic heterocycles. The number of hydrogen-bond acceptors (Lipinski definition) is 6. The zero-order valence-corrected chi connectivity index (χ0v) is 13.3. The number of nitrogens with zero attached hydrogens (tertiary/aromatic N) is 3. The third-order valence-electron chi connectivity index (χ3n) is 3.58. The van der Waals surface area contributed by atoms with E-state index in [0.29, 0.717) is 11.5 Å². The highest BCUT2D eigenvalue weighted by Crippen LogP contribution is 2.20. The highest BCUT2D eigenvalue weighted by Gasteiger charge is 2.14. The topological polar surface area (TPSA) is 98.1 Å². The molecule has 7 nitrogen and oxygen atoms in total. The van der Waals surface area contributed by atoms with Gasteiger partial charge in [-0.3, -0.25) is 4.79 Å². The quantitative estimate of drug-likeness (QED) is 0.678. The molecule has 1 aromatic carbocycles. The van der Waals surface area contributed by atoms with Crippen LogP contribution in [0.4, 0.5) is 0 Å². The van der Waals surface area contributed by atoms with E-state index in [-0.39, 0.29) is 17.7 Å². The summed E-state index contributed by atoms with van der Waals surface area (Å²) in [5.74, 6) is -0.0661. The first-order chi connectivity index (χ1) is 12.1. The Morgan fingerprint density at radius 3 is 2.76 bits per heavy atom. The van der Waals surface area contributed by atoms with Gasteiger partial charge in [0, 0.05) is 17.8 Å². The third-order valence-corrected chi connectivity index (χ3v) is 3.58. The molecule has 2 heterocycles. The molecular formula is C18H13N3O4. The molecule has 0 amide bonds. The van der Waals surface area contributed by atoms with Gasteiger partial charge >= 0.3 is 5.97 Å². The zero-order valence-electron chi connectivity index (χ0n) is 13.3. The van der Waals surface area contributed by atoms with Gasteiger partial charge in [-0.25, -0.2) is 4.79 Å². The Balaban J connectivity index is 1.96. The molecule has 3 aromatic rings. The molecule has 0 fully saturated rings. The van der Waals surface area contributed by atoms with Crippen molar-refractivity contribution in [2.24, 2.45) is 0 Å². The predicted molar refractivity (Wildman–Crippen MR) is 87.8 cm³/mol. The van der Waals surface area contributed by atoms with Crippen molar-refractivity contribution < 1.29 is 14.1 Å². The van der Waals surface area contributed by atoms with Crippen molar-refractivity contribution in [3.8, 4) is 17.4 Å². The summed E-state index contributed by atoms with van der Waals surface area (Å²) >= 11 is 0. The van der Waals surface area contributed by atoms with Crippen LogP contribution in [0.25, 0.3) is 11.3 Å². The molecule has 0 aliphatic carbocycles. The Hall–Kier alpha value is -3.66. The van der Waals surface area contributed by atoms with E-state index in [1.54, 1.807) is 12.1 Å². The Morgan fingerprint density at radius 2 is 2.08 bits per heavy atom. The first-order valence-electron chi connectivity index (χ1n) is 7.36. The summed E-state index contributed by atoms with van der Waals surface area (Å²) in [6.45, 7) is 0.0642. The molecule has 0 saturated carbocycles. The Bertz CT molecular complexity index is 1010. The number of pyridine rings is 1. The molecule has 3 rings (SSSR count). The van der Waals surface area contributed by atoms with Crippen LogP contribution in [0.15, 0.2) is 58.0 Å². The minimum Gasteiger partial charge on any atom is -0.465 e. The molecule has 0 aliphatic heterocycles. The van der Waals surface area contributed by atoms with Gasteiger partial charge in [-0.05, 0) is 6.07 Å². The fourth-order valence-electron chi connectivity index (χ4n) is 2.36. The number of ether oxygens (including phenoxy) is 1. The van der Waals surface area contributed by atoms with E-state index in [0.717, 1.165) is 5.56 Å². The predicted octanol–water partition coefficient (Wildman–Crippen LogP) is 2.21. The van der Waals surface area contributed by atoms with Gasteiger partial charge < -0.3 is 13.8 Å². The lowest BCUT2D eigenvalue weighted by Crippen LogP contribution is -2.24. The molecule has 7 heteroatoms. The first-order valence-corrected chi connectivity index (χ1v) is 7.36. The number of aromatic nitrogens is 2. The van der Waals surface area contributed by atoms with Gasteiger partial charge in [-0.2, -0.15) is 5.26 Å². The highest BCUT2D eigenvalue weighted by atomic mass is 16.5. The van der Waals surface area contributed by atoms with Crippen molar-refractivity contribution >= 4 is 5.97 Å². The van der Waals surface area contributed by atoms with E-state index in [2.05, 4.69) is 9.89 Å². The van der Waals surface area contributed by atoms with E-state index in [4.69, 9.17) is 9.78 Å². The van der Waals surface area contributed by atoms with Crippen LogP contribution in [0.2, 0.25) is 0 Å². The van der Waals surface area contributed by atoms with Gasteiger partial charge in [-0.1, -0.05) is 35.5 Å². The minimum atomic E-state index is -0.629. The summed E-state index contributed by atoms with van der Waals surface area (Å²) in [5, 5.41) is 13.0. The van der Waals surface area contributed by atoms with E-state index in [1.165, 1.54) is 23.9 Å². The number of rotatable bonds is 4. The number of methoxy groups -OCH3 is 1. The van der Waals surface area contributed by atoms with Gasteiger partial charge in [0.05, 0.1) is 19.2 Å². The van der Waals surface area contributed by atoms with Gasteiger partial charge in [0.2, 0.25) is 0 Å². The highest BCUT2D eigenvalue weighted by molar-refractivity contribution is 5.89. The van der Waals surface area contributed by atoms with Crippen molar-refractivity contribution in [1.29, 1.82) is 5.26 Å². The minimum absolute atomic E-state index is 0.0642. The molecule has 0 saturated heterocycles. The lowest BCUT2D eigenvalue weighted by Gasteiger charge is -2.06. The summed E-state index contributed by atoms with van der Waals surface area (Å²) in [6, 6.07) is 14.1. The largest absolute Gasteiger partial charge is 0.465 e. The smallest absolute Gasteiger partial charge is 0.339 e. The fourth-order valence-corrected chi connectivity index (χ4v) is 2.36. The number of carbonyl (C=O) groups is 1. The van der Waals surface area contributed by atoms with Crippen LogP contribution in [0, 0.1) is 11.3 Å². The summed E-state index contributed by atoms with van der Waals surface area (Å²) in [6.07, 6.45) is 1.34. The van der Waals surface area contributed by atoms with Crippen molar-refractivity contribution in [2.75, 3.05) is 7.11 Å². The fraction of sp³-hybridized carbons (Fsp3) is 0.111. The van der Waals surface area contributed by atoms with Gasteiger partial charge in [0.1, 0.15) is 17.3 Å². The van der Waals surface area contributed by atoms with Crippen LogP contribution >= 0.6 is 0 Å². The van der Waals surface area contributed by atoms with Gasteiger partial charge in [0.25, 0.3) is 5.56 Å². The van der Waals surface area contributed by atoms with Gasteiger partial charge in [0.15, 0.2) is 5.76 Å². The van der Waals surface area contributed by atoms with Crippen LogP contribution in [0.5, 0.6) is 0 Å². The standard InChI is InChI=1S/C18H13N3O4/c1-24-18(23)14-7-13(9-19)17(22)21(10-14)11-15-8-16(25-20-15)12-5-3-2-4-6-12/h2-8,10H,11H2,1H3. The Labute approximate surface area is 142 Å². The Kier molecular flexibility index (Phi) is 4.44. The summed E-state index contributed by atoms with van der Waals surface area (Å²) in [4.78, 5) is 24.0. The normalized spacial score (nSPS) is 10.2. The molecule has 0 atom stereocenters. The third kappa shape index (κ3) is 3.33. The molecule has 124 valence electrons. The average Bonchev–Trinajstić information content (AvgIpc) is 3.12. The monoisotopic (exact) mass is 335 g/mol. The molecule has 0 N–H and O–H groups in total. The summed E-state index contributed by atoms with van der Waals surface area (Å²) in [5.41, 5.74) is 0.806. The maximum absolute atomic E-state index is 12.3. The molecule has 0 bridgehead atoms. The van der Waals surface area contributed by atoms with E-state index in [1.807, 2.05) is 30.3 Å². The Morgan fingerprint density at radius 1 is 1.32 bits per heavy atom. The van der Waals surface area contributed by atoms with Crippen molar-refractivity contribution in [3.63, 3.8) is 0 Å². The van der Waals surface area contributed by atoms with E-state index in [9.17, 15) is 9.59 Å². The van der Waals surface area contributed by atoms with Crippen LogP contribution in [-0.4, -0.2) is 22.8 Å². The van der Waals surface area contributed by atoms with Crippen LogP contribution in [0.3, 0.4) is 0 Å². The SMILES string of the molecule is COC(=O)c1cc(C#N)c(=O)n(Cc2cc(-c3ccccc3)on2)c1. The molecule has 25 heavy (non-hydrogen) atoms. The second kappa shape index (κ2) is 6.84. The molecule has 0 radical (unpaired) electrons. The second-order valence-corrected chi connectivity index (χ2v) is 5.23. The van der Waals surface area contributed by atoms with Gasteiger partial charge in [-0.15, -0.1) is 0 Å². The zero-order chi connectivity index (χ0) is 17.8. The average molecular weight is 335 g/mol. The summed E-state index contributed by atoms with van der Waals surface area (Å²) in [7, 11) is 1.23. The maximum Gasteiger partial charge on any atom is 0.339 e. The molecule has 0 aliphatic rings. The van der Waals surface area contributed by atoms with E-state index >= 15 is 0 Å².